The van der Waals surface area contributed by atoms with Gasteiger partial charge in [0, 0.05) is 44.0 Å². The van der Waals surface area contributed by atoms with E-state index < -0.39 is 52.6 Å². The minimum atomic E-state index is -5.08. The van der Waals surface area contributed by atoms with Crippen LogP contribution in [0.25, 0.3) is 10.4 Å². The summed E-state index contributed by atoms with van der Waals surface area (Å²) in [5, 5.41) is 13.3. The van der Waals surface area contributed by atoms with Crippen molar-refractivity contribution in [3.63, 3.8) is 0 Å². The molecule has 1 N–H and O–H groups in total. The zero-order chi connectivity index (χ0) is 37.0. The standard InChI is InChI=1S/C35H37F7N4O3S/c1-21-14-25(36)7-8-26(21)32-31(27(18-43)28(50-32)20-46-12-10-45(11-13-46)9-5-6-30(48)49-4)44-19-29(47)33(2,3)22-15-23(34(37,38)39)17-24(16-22)35(40,41)42/h7-8,14-17,44H,5-6,9-13,19-20H2,1-4H3. The number of benzene rings is 2. The third kappa shape index (κ3) is 9.21. The van der Waals surface area contributed by atoms with E-state index in [-0.39, 0.29) is 23.3 Å². The molecule has 1 saturated heterocycles. The lowest BCUT2D eigenvalue weighted by Crippen LogP contribution is -2.46. The van der Waals surface area contributed by atoms with E-state index in [0.717, 1.165) is 19.6 Å². The highest BCUT2D eigenvalue weighted by atomic mass is 32.1. The first-order valence-corrected chi connectivity index (χ1v) is 16.6. The summed E-state index contributed by atoms with van der Waals surface area (Å²) < 4.78 is 100. The Kier molecular flexibility index (Phi) is 12.0. The summed E-state index contributed by atoms with van der Waals surface area (Å²) in [6.07, 6.45) is -9.17. The number of anilines is 1. The van der Waals surface area contributed by atoms with Crippen LogP contribution in [0.15, 0.2) is 36.4 Å². The van der Waals surface area contributed by atoms with Crippen molar-refractivity contribution in [3.05, 3.63) is 74.9 Å². The summed E-state index contributed by atoms with van der Waals surface area (Å²) in [7, 11) is 1.35. The number of halogens is 7. The molecule has 1 aliphatic heterocycles. The topological polar surface area (TPSA) is 85.7 Å². The van der Waals surface area contributed by atoms with Crippen LogP contribution in [0.3, 0.4) is 0 Å². The van der Waals surface area contributed by atoms with Crippen LogP contribution in [0.1, 0.15) is 59.4 Å². The van der Waals surface area contributed by atoms with E-state index in [4.69, 9.17) is 4.74 Å². The third-order valence-electron chi connectivity index (χ3n) is 8.87. The minimum absolute atomic E-state index is 0.0107. The molecule has 0 radical (unpaired) electrons. The van der Waals surface area contributed by atoms with Crippen molar-refractivity contribution in [2.24, 2.45) is 0 Å². The average Bonchev–Trinajstić information content (AvgIpc) is 3.39. The third-order valence-corrected chi connectivity index (χ3v) is 10.1. The smallest absolute Gasteiger partial charge is 0.416 e. The van der Waals surface area contributed by atoms with E-state index in [1.807, 2.05) is 0 Å². The van der Waals surface area contributed by atoms with E-state index in [1.165, 1.54) is 44.4 Å². The van der Waals surface area contributed by atoms with Gasteiger partial charge in [-0.15, -0.1) is 11.3 Å². The summed E-state index contributed by atoms with van der Waals surface area (Å²) in [4.78, 5) is 30.7. The van der Waals surface area contributed by atoms with E-state index in [1.54, 1.807) is 13.0 Å². The minimum Gasteiger partial charge on any atom is -0.469 e. The fourth-order valence-electron chi connectivity index (χ4n) is 5.74. The molecule has 0 amide bonds. The second kappa shape index (κ2) is 15.5. The SMILES string of the molecule is COC(=O)CCCN1CCN(Cc2sc(-c3ccc(F)cc3C)c(NCC(=O)C(C)(C)c3cc(C(F)(F)F)cc(C(F)(F)F)c3)c2C#N)CC1. The molecular formula is C35H37F7N4O3S. The van der Waals surface area contributed by atoms with Crippen LogP contribution in [0.2, 0.25) is 0 Å². The van der Waals surface area contributed by atoms with Crippen molar-refractivity contribution in [1.82, 2.24) is 9.80 Å². The summed E-state index contributed by atoms with van der Waals surface area (Å²) >= 11 is 1.29. The Morgan fingerprint density at radius 3 is 2.06 bits per heavy atom. The summed E-state index contributed by atoms with van der Waals surface area (Å²) in [6.45, 7) is 7.61. The molecule has 7 nitrogen and oxygen atoms in total. The van der Waals surface area contributed by atoms with Gasteiger partial charge in [-0.2, -0.15) is 31.6 Å². The van der Waals surface area contributed by atoms with Crippen LogP contribution < -0.4 is 5.32 Å². The maximum Gasteiger partial charge on any atom is 0.416 e. The van der Waals surface area contributed by atoms with Crippen LogP contribution >= 0.6 is 11.3 Å². The molecule has 4 rings (SSSR count). The first-order valence-electron chi connectivity index (χ1n) is 15.8. The van der Waals surface area contributed by atoms with Crippen molar-refractivity contribution in [3.8, 4) is 16.5 Å². The molecule has 1 fully saturated rings. The Hall–Kier alpha value is -4.00. The van der Waals surface area contributed by atoms with E-state index in [0.29, 0.717) is 65.5 Å². The first kappa shape index (κ1) is 38.8. The number of alkyl halides is 6. The molecule has 2 heterocycles. The number of aryl methyl sites for hydroxylation is 1. The Morgan fingerprint density at radius 2 is 1.52 bits per heavy atom. The number of ether oxygens (including phenoxy) is 1. The fraction of sp³-hybridized carbons (Fsp3) is 0.457. The zero-order valence-corrected chi connectivity index (χ0v) is 28.8. The number of carbonyl (C=O) groups excluding carboxylic acids is 2. The van der Waals surface area contributed by atoms with Crippen LogP contribution in [-0.4, -0.2) is 67.9 Å². The van der Waals surface area contributed by atoms with Gasteiger partial charge in [0.05, 0.1) is 46.3 Å². The molecule has 15 heteroatoms. The number of Topliss-reactive ketones (excluding diaryl/α,β-unsaturated/α-hetero) is 1. The number of thiophene rings is 1. The highest BCUT2D eigenvalue weighted by molar-refractivity contribution is 7.16. The van der Waals surface area contributed by atoms with Gasteiger partial charge in [0.15, 0.2) is 5.78 Å². The van der Waals surface area contributed by atoms with Crippen LogP contribution in [0.5, 0.6) is 0 Å². The number of nitrogens with one attached hydrogen (secondary N) is 1. The number of hydrogen-bond acceptors (Lipinski definition) is 8. The molecule has 3 aromatic rings. The van der Waals surface area contributed by atoms with Gasteiger partial charge in [-0.3, -0.25) is 14.5 Å². The Morgan fingerprint density at radius 1 is 0.940 bits per heavy atom. The van der Waals surface area contributed by atoms with E-state index in [9.17, 15) is 45.6 Å². The van der Waals surface area contributed by atoms with Gasteiger partial charge in [-0.1, -0.05) is 6.07 Å². The van der Waals surface area contributed by atoms with E-state index in [2.05, 4.69) is 21.2 Å². The molecule has 0 atom stereocenters. The Labute approximate surface area is 289 Å². The number of ketones is 1. The van der Waals surface area contributed by atoms with Crippen LogP contribution in [0.4, 0.5) is 36.4 Å². The number of nitriles is 1. The van der Waals surface area contributed by atoms with Crippen LogP contribution in [0, 0.1) is 24.1 Å². The van der Waals surface area contributed by atoms with Gasteiger partial charge in [-0.25, -0.2) is 4.39 Å². The van der Waals surface area contributed by atoms with Crippen molar-refractivity contribution >= 4 is 28.8 Å². The number of nitrogens with zero attached hydrogens (tertiary/aromatic N) is 3. The molecule has 0 unspecified atom stereocenters. The zero-order valence-electron chi connectivity index (χ0n) is 27.9. The molecule has 50 heavy (non-hydrogen) atoms. The van der Waals surface area contributed by atoms with Gasteiger partial charge >= 0.3 is 18.3 Å². The Bertz CT molecular complexity index is 1720. The summed E-state index contributed by atoms with van der Waals surface area (Å²) in [6, 6.07) is 7.43. The van der Waals surface area contributed by atoms with Crippen molar-refractivity contribution in [2.45, 2.75) is 57.9 Å². The lowest BCUT2D eigenvalue weighted by atomic mass is 9.79. The molecule has 0 bridgehead atoms. The number of esters is 1. The summed E-state index contributed by atoms with van der Waals surface area (Å²) in [5.41, 5.74) is -3.65. The maximum atomic E-state index is 14.1. The van der Waals surface area contributed by atoms with Gasteiger partial charge in [0.25, 0.3) is 0 Å². The average molecular weight is 727 g/mol. The highest BCUT2D eigenvalue weighted by Gasteiger charge is 2.40. The molecule has 0 aliphatic carbocycles. The van der Waals surface area contributed by atoms with Crippen molar-refractivity contribution in [1.29, 1.82) is 5.26 Å². The number of carbonyl (C=O) groups is 2. The van der Waals surface area contributed by atoms with Gasteiger partial charge < -0.3 is 15.0 Å². The van der Waals surface area contributed by atoms with Gasteiger partial charge in [-0.05, 0) is 80.8 Å². The van der Waals surface area contributed by atoms with Crippen LogP contribution in [-0.2, 0) is 38.6 Å². The largest absolute Gasteiger partial charge is 0.469 e. The molecule has 270 valence electrons. The number of hydrogen-bond donors (Lipinski definition) is 1. The molecular weight excluding hydrogens is 689 g/mol. The molecule has 2 aromatic carbocycles. The summed E-state index contributed by atoms with van der Waals surface area (Å²) in [5.74, 6) is -1.45. The van der Waals surface area contributed by atoms with Crippen molar-refractivity contribution < 1.29 is 45.1 Å². The first-order chi connectivity index (χ1) is 23.3. The second-order valence-electron chi connectivity index (χ2n) is 12.7. The Balaban J connectivity index is 1.61. The normalized spacial score (nSPS) is 14.8. The predicted molar refractivity (Wildman–Crippen MR) is 175 cm³/mol. The number of rotatable bonds is 12. The van der Waals surface area contributed by atoms with Gasteiger partial charge in [0.1, 0.15) is 11.9 Å². The van der Waals surface area contributed by atoms with Gasteiger partial charge in [0.2, 0.25) is 0 Å². The lowest BCUT2D eigenvalue weighted by molar-refractivity contribution is -0.143. The molecule has 0 spiro atoms. The number of methoxy groups -OCH3 is 1. The monoisotopic (exact) mass is 726 g/mol. The molecule has 1 aromatic heterocycles. The lowest BCUT2D eigenvalue weighted by Gasteiger charge is -2.34. The second-order valence-corrected chi connectivity index (χ2v) is 13.8. The maximum absolute atomic E-state index is 14.1. The quantitative estimate of drug-likeness (QED) is 0.151. The van der Waals surface area contributed by atoms with E-state index >= 15 is 0 Å². The van der Waals surface area contributed by atoms with Crippen molar-refractivity contribution in [2.75, 3.05) is 51.7 Å². The predicted octanol–water partition coefficient (Wildman–Crippen LogP) is 7.80. The number of piperazine rings is 1. The fourth-order valence-corrected chi connectivity index (χ4v) is 7.10. The molecule has 0 saturated carbocycles. The highest BCUT2D eigenvalue weighted by Crippen LogP contribution is 2.44. The molecule has 1 aliphatic rings.